The van der Waals surface area contributed by atoms with Crippen molar-refractivity contribution < 1.29 is 9.90 Å². The molecule has 3 nitrogen and oxygen atoms in total. The number of hydrogen-bond acceptors (Lipinski definition) is 2. The molecule has 8 heavy (non-hydrogen) atoms. The van der Waals surface area contributed by atoms with Crippen LogP contribution in [0.3, 0.4) is 0 Å². The van der Waals surface area contributed by atoms with Gasteiger partial charge >= 0.3 is 5.97 Å². The van der Waals surface area contributed by atoms with E-state index in [4.69, 9.17) is 5.11 Å². The Hall–Kier alpha value is -1.25. The van der Waals surface area contributed by atoms with Crippen LogP contribution in [0.2, 0.25) is 0 Å². The van der Waals surface area contributed by atoms with Crippen molar-refractivity contribution in [1.29, 1.82) is 0 Å². The molecule has 0 aromatic rings. The molecule has 0 heterocycles. The molecule has 0 unspecified atom stereocenters. The van der Waals surface area contributed by atoms with Crippen LogP contribution >= 0.6 is 0 Å². The van der Waals surface area contributed by atoms with E-state index in [-0.39, 0.29) is 0 Å². The van der Waals surface area contributed by atoms with E-state index in [1.165, 1.54) is 6.20 Å². The normalized spacial score (nSPS) is 5.50. The minimum absolute atomic E-state index is 0.833. The van der Waals surface area contributed by atoms with Crippen LogP contribution in [0.4, 0.5) is 0 Å². The average molecular weight is 115 g/mol. The topological polar surface area (TPSA) is 63.3 Å². The van der Waals surface area contributed by atoms with Crippen molar-refractivity contribution in [2.24, 2.45) is 5.73 Å². The van der Waals surface area contributed by atoms with Gasteiger partial charge in [-0.25, -0.2) is 4.79 Å². The first kappa shape index (κ1) is 9.89. The summed E-state index contributed by atoms with van der Waals surface area (Å²) in [4.78, 5) is 9.25. The standard InChI is InChI=1S/C3H4O2.C2H5N/c1-2-3(4)5;1-2-3/h2H,1H2,(H,4,5);2H,1,3H2. The maximum absolute atomic E-state index is 9.25. The molecule has 0 rings (SSSR count). The van der Waals surface area contributed by atoms with Crippen LogP contribution in [-0.2, 0) is 4.79 Å². The maximum Gasteiger partial charge on any atom is 0.327 e. The molecule has 0 radical (unpaired) electrons. The third-order valence-electron chi connectivity index (χ3n) is 0.175. The number of nitrogens with two attached hydrogens (primary N) is 1. The van der Waals surface area contributed by atoms with Gasteiger partial charge in [-0.3, -0.25) is 0 Å². The van der Waals surface area contributed by atoms with Crippen molar-refractivity contribution in [2.45, 2.75) is 0 Å². The molecule has 0 aliphatic carbocycles. The minimum Gasteiger partial charge on any atom is -0.478 e. The predicted molar refractivity (Wildman–Crippen MR) is 32.2 cm³/mol. The van der Waals surface area contributed by atoms with Gasteiger partial charge in [0.1, 0.15) is 0 Å². The summed E-state index contributed by atoms with van der Waals surface area (Å²) in [6.07, 6.45) is 2.08. The van der Waals surface area contributed by atoms with Crippen molar-refractivity contribution in [2.75, 3.05) is 0 Å². The summed E-state index contributed by atoms with van der Waals surface area (Å²) in [5.74, 6) is -0.981. The number of aliphatic carboxylic acids is 1. The van der Waals surface area contributed by atoms with Crippen molar-refractivity contribution in [3.05, 3.63) is 25.4 Å². The Bertz CT molecular complexity index is 88.4. The molecular weight excluding hydrogens is 106 g/mol. The summed E-state index contributed by atoms with van der Waals surface area (Å²) in [6, 6.07) is 0. The Labute approximate surface area is 48.1 Å². The molecule has 0 fully saturated rings. The Balaban J connectivity index is 0. The Morgan fingerprint density at radius 3 is 1.75 bits per heavy atom. The Morgan fingerprint density at radius 2 is 1.75 bits per heavy atom. The van der Waals surface area contributed by atoms with E-state index in [0.717, 1.165) is 6.08 Å². The van der Waals surface area contributed by atoms with Crippen LogP contribution in [0.15, 0.2) is 25.4 Å². The van der Waals surface area contributed by atoms with E-state index < -0.39 is 5.97 Å². The second kappa shape index (κ2) is 9.23. The van der Waals surface area contributed by atoms with Gasteiger partial charge in [0, 0.05) is 6.08 Å². The molecule has 0 bridgehead atoms. The molecule has 3 heteroatoms. The quantitative estimate of drug-likeness (QED) is 0.484. The molecule has 0 saturated heterocycles. The van der Waals surface area contributed by atoms with Crippen LogP contribution in [0.1, 0.15) is 0 Å². The second-order valence-electron chi connectivity index (χ2n) is 0.778. The van der Waals surface area contributed by atoms with Gasteiger partial charge in [0.05, 0.1) is 0 Å². The maximum atomic E-state index is 9.25. The van der Waals surface area contributed by atoms with Gasteiger partial charge in [-0.2, -0.15) is 0 Å². The van der Waals surface area contributed by atoms with Crippen LogP contribution in [-0.4, -0.2) is 11.1 Å². The average Bonchev–Trinajstić information content (AvgIpc) is 1.69. The zero-order chi connectivity index (χ0) is 6.99. The van der Waals surface area contributed by atoms with E-state index in [0.29, 0.717) is 0 Å². The zero-order valence-electron chi connectivity index (χ0n) is 4.50. The molecular formula is C5H9NO2. The lowest BCUT2D eigenvalue weighted by molar-refractivity contribution is -0.131. The van der Waals surface area contributed by atoms with Crippen LogP contribution in [0, 0.1) is 0 Å². The lowest BCUT2D eigenvalue weighted by atomic mass is 10.7. The molecule has 0 saturated carbocycles. The van der Waals surface area contributed by atoms with Gasteiger partial charge < -0.3 is 10.8 Å². The summed E-state index contributed by atoms with van der Waals surface area (Å²) in [6.45, 7) is 6.10. The summed E-state index contributed by atoms with van der Waals surface area (Å²) in [5.41, 5.74) is 4.61. The fourth-order valence-corrected chi connectivity index (χ4v) is 0. The van der Waals surface area contributed by atoms with Crippen molar-refractivity contribution in [1.82, 2.24) is 0 Å². The van der Waals surface area contributed by atoms with Gasteiger partial charge in [0.25, 0.3) is 0 Å². The predicted octanol–water partition coefficient (Wildman–Crippen LogP) is 0.346. The third kappa shape index (κ3) is 119. The number of carboxylic acid groups (broad SMARTS) is 1. The van der Waals surface area contributed by atoms with Crippen LogP contribution in [0.25, 0.3) is 0 Å². The lowest BCUT2D eigenvalue weighted by Gasteiger charge is -1.64. The van der Waals surface area contributed by atoms with Crippen molar-refractivity contribution in [3.8, 4) is 0 Å². The molecule has 0 aliphatic rings. The molecule has 3 N–H and O–H groups in total. The lowest BCUT2D eigenvalue weighted by Crippen LogP contribution is -1.82. The van der Waals surface area contributed by atoms with Crippen LogP contribution < -0.4 is 5.73 Å². The highest BCUT2D eigenvalue weighted by Crippen LogP contribution is 1.54. The number of hydrogen-bond donors (Lipinski definition) is 2. The number of rotatable bonds is 1. The molecule has 0 aliphatic heterocycles. The number of carbonyl (C=O) groups is 1. The summed E-state index contributed by atoms with van der Waals surface area (Å²) >= 11 is 0. The molecule has 0 atom stereocenters. The Kier molecular flexibility index (Phi) is 11.4. The minimum atomic E-state index is -0.981. The summed E-state index contributed by atoms with van der Waals surface area (Å²) < 4.78 is 0. The SMILES string of the molecule is C=CC(=O)O.C=CN. The van der Waals surface area contributed by atoms with E-state index in [2.05, 4.69) is 18.9 Å². The highest BCUT2D eigenvalue weighted by atomic mass is 16.4. The third-order valence-corrected chi connectivity index (χ3v) is 0.175. The fraction of sp³-hybridized carbons (Fsp3) is 0. The van der Waals surface area contributed by atoms with Gasteiger partial charge in [-0.15, -0.1) is 0 Å². The fourth-order valence-electron chi connectivity index (χ4n) is 0. The second-order valence-corrected chi connectivity index (χ2v) is 0.778. The van der Waals surface area contributed by atoms with E-state index in [1.807, 2.05) is 0 Å². The van der Waals surface area contributed by atoms with E-state index in [1.54, 1.807) is 0 Å². The van der Waals surface area contributed by atoms with Crippen LogP contribution in [0.5, 0.6) is 0 Å². The smallest absolute Gasteiger partial charge is 0.327 e. The van der Waals surface area contributed by atoms with Crippen molar-refractivity contribution >= 4 is 5.97 Å². The van der Waals surface area contributed by atoms with Gasteiger partial charge in [-0.1, -0.05) is 13.2 Å². The summed E-state index contributed by atoms with van der Waals surface area (Å²) in [7, 11) is 0. The first-order chi connectivity index (χ1) is 3.68. The van der Waals surface area contributed by atoms with E-state index >= 15 is 0 Å². The van der Waals surface area contributed by atoms with Gasteiger partial charge in [-0.05, 0) is 6.20 Å². The first-order valence-electron chi connectivity index (χ1n) is 1.87. The molecule has 0 amide bonds. The zero-order valence-corrected chi connectivity index (χ0v) is 4.50. The number of carboxylic acids is 1. The molecule has 0 aromatic carbocycles. The van der Waals surface area contributed by atoms with E-state index in [9.17, 15) is 4.79 Å². The summed E-state index contributed by atoms with van der Waals surface area (Å²) in [5, 5.41) is 7.60. The highest BCUT2D eigenvalue weighted by Gasteiger charge is 1.73. The van der Waals surface area contributed by atoms with Crippen molar-refractivity contribution in [3.63, 3.8) is 0 Å². The van der Waals surface area contributed by atoms with Gasteiger partial charge in [0.15, 0.2) is 0 Å². The molecule has 46 valence electrons. The largest absolute Gasteiger partial charge is 0.478 e. The Morgan fingerprint density at radius 1 is 1.62 bits per heavy atom. The molecule has 0 spiro atoms. The highest BCUT2D eigenvalue weighted by molar-refractivity contribution is 5.78. The monoisotopic (exact) mass is 115 g/mol. The first-order valence-corrected chi connectivity index (χ1v) is 1.87. The van der Waals surface area contributed by atoms with Gasteiger partial charge in [0.2, 0.25) is 0 Å². The molecule has 0 aromatic heterocycles.